The number of aryl methyl sites for hydroxylation is 1. The first kappa shape index (κ1) is 18.6. The summed E-state index contributed by atoms with van der Waals surface area (Å²) in [6, 6.07) is 19.0. The molecule has 0 saturated carbocycles. The average molecular weight is 383 g/mol. The first-order chi connectivity index (χ1) is 14.0. The summed E-state index contributed by atoms with van der Waals surface area (Å²) in [5.41, 5.74) is 5.91. The zero-order chi connectivity index (χ0) is 20.4. The quantitative estimate of drug-likeness (QED) is 0.552. The number of likely N-dealkylation sites (N-methyl/N-ethyl adjacent to an activating group) is 1. The third-order valence-electron chi connectivity index (χ3n) is 4.96. The molecule has 1 amide bonds. The SMILES string of the molecule is CNC(=O)Cc1ccc2nc(-c3cc(-c4ccccn4)ccc3O)cc(C)c2c1. The Bertz CT molecular complexity index is 1200. The zero-order valence-electron chi connectivity index (χ0n) is 16.3. The number of carbonyl (C=O) groups is 1. The molecule has 0 spiro atoms. The fourth-order valence-corrected chi connectivity index (χ4v) is 3.40. The molecule has 0 unspecified atom stereocenters. The number of rotatable bonds is 4. The zero-order valence-corrected chi connectivity index (χ0v) is 16.3. The summed E-state index contributed by atoms with van der Waals surface area (Å²) < 4.78 is 0. The minimum absolute atomic E-state index is 0.0251. The summed E-state index contributed by atoms with van der Waals surface area (Å²) >= 11 is 0. The monoisotopic (exact) mass is 383 g/mol. The number of nitrogens with one attached hydrogen (secondary N) is 1. The van der Waals surface area contributed by atoms with Crippen LogP contribution in [0.1, 0.15) is 11.1 Å². The van der Waals surface area contributed by atoms with Crippen LogP contribution < -0.4 is 5.32 Å². The van der Waals surface area contributed by atoms with Crippen LogP contribution in [0.3, 0.4) is 0 Å². The van der Waals surface area contributed by atoms with Crippen molar-refractivity contribution in [2.24, 2.45) is 0 Å². The van der Waals surface area contributed by atoms with Gasteiger partial charge in [-0.3, -0.25) is 9.78 Å². The van der Waals surface area contributed by atoms with Crippen LogP contribution in [0.4, 0.5) is 0 Å². The van der Waals surface area contributed by atoms with Gasteiger partial charge in [0.1, 0.15) is 5.75 Å². The standard InChI is InChI=1S/C24H21N3O2/c1-15-11-22(27-21-8-6-16(12-18(15)21)13-24(29)25-2)19-14-17(7-9-23(19)28)20-5-3-4-10-26-20/h3-12,14,28H,13H2,1-2H3,(H,25,29). The summed E-state index contributed by atoms with van der Waals surface area (Å²) in [6.45, 7) is 2.01. The molecule has 2 heterocycles. The number of nitrogens with zero attached hydrogens (tertiary/aromatic N) is 2. The predicted molar refractivity (Wildman–Crippen MR) is 115 cm³/mol. The van der Waals surface area contributed by atoms with Gasteiger partial charge in [0.2, 0.25) is 5.91 Å². The lowest BCUT2D eigenvalue weighted by atomic mass is 10.00. The molecule has 144 valence electrons. The number of carbonyl (C=O) groups excluding carboxylic acids is 1. The van der Waals surface area contributed by atoms with Gasteiger partial charge < -0.3 is 10.4 Å². The van der Waals surface area contributed by atoms with Crippen molar-refractivity contribution in [1.29, 1.82) is 0 Å². The van der Waals surface area contributed by atoms with Crippen molar-refractivity contribution < 1.29 is 9.90 Å². The highest BCUT2D eigenvalue weighted by atomic mass is 16.3. The molecule has 29 heavy (non-hydrogen) atoms. The van der Waals surface area contributed by atoms with Crippen LogP contribution in [-0.4, -0.2) is 28.0 Å². The van der Waals surface area contributed by atoms with Gasteiger partial charge in [0, 0.05) is 29.8 Å². The van der Waals surface area contributed by atoms with Crippen LogP contribution in [0.2, 0.25) is 0 Å². The Morgan fingerprint density at radius 3 is 2.66 bits per heavy atom. The van der Waals surface area contributed by atoms with E-state index >= 15 is 0 Å². The second-order valence-electron chi connectivity index (χ2n) is 6.97. The Morgan fingerprint density at radius 1 is 1.03 bits per heavy atom. The van der Waals surface area contributed by atoms with Gasteiger partial charge in [0.25, 0.3) is 0 Å². The van der Waals surface area contributed by atoms with Crippen LogP contribution in [0, 0.1) is 6.92 Å². The number of amides is 1. The lowest BCUT2D eigenvalue weighted by Gasteiger charge is -2.11. The summed E-state index contributed by atoms with van der Waals surface area (Å²) in [5.74, 6) is 0.148. The topological polar surface area (TPSA) is 75.1 Å². The van der Waals surface area contributed by atoms with Crippen molar-refractivity contribution in [2.75, 3.05) is 7.05 Å². The van der Waals surface area contributed by atoms with Gasteiger partial charge in [-0.2, -0.15) is 0 Å². The molecular weight excluding hydrogens is 362 g/mol. The predicted octanol–water partition coefficient (Wildman–Crippen LogP) is 4.27. The molecule has 2 aromatic heterocycles. The van der Waals surface area contributed by atoms with Crippen molar-refractivity contribution in [3.05, 3.63) is 78.0 Å². The van der Waals surface area contributed by atoms with Crippen LogP contribution in [-0.2, 0) is 11.2 Å². The summed E-state index contributed by atoms with van der Waals surface area (Å²) in [6.07, 6.45) is 2.08. The van der Waals surface area contributed by atoms with Crippen molar-refractivity contribution in [2.45, 2.75) is 13.3 Å². The molecule has 4 rings (SSSR count). The molecule has 0 fully saturated rings. The highest BCUT2D eigenvalue weighted by molar-refractivity contribution is 5.88. The fourth-order valence-electron chi connectivity index (χ4n) is 3.40. The largest absolute Gasteiger partial charge is 0.507 e. The van der Waals surface area contributed by atoms with Gasteiger partial charge in [0.05, 0.1) is 23.3 Å². The Labute approximate surface area is 169 Å². The Hall–Kier alpha value is -3.73. The lowest BCUT2D eigenvalue weighted by Crippen LogP contribution is -2.19. The van der Waals surface area contributed by atoms with E-state index in [-0.39, 0.29) is 11.7 Å². The highest BCUT2D eigenvalue weighted by Gasteiger charge is 2.12. The smallest absolute Gasteiger partial charge is 0.224 e. The highest BCUT2D eigenvalue weighted by Crippen LogP contribution is 2.34. The molecule has 0 aliphatic rings. The Morgan fingerprint density at radius 2 is 1.90 bits per heavy atom. The molecule has 4 aromatic rings. The van der Waals surface area contributed by atoms with Crippen LogP contribution in [0.15, 0.2) is 66.9 Å². The number of phenolic OH excluding ortho intramolecular Hbond substituents is 1. The third-order valence-corrected chi connectivity index (χ3v) is 4.96. The van der Waals surface area contributed by atoms with Crippen LogP contribution in [0.5, 0.6) is 5.75 Å². The van der Waals surface area contributed by atoms with Crippen molar-refractivity contribution >= 4 is 16.8 Å². The van der Waals surface area contributed by atoms with E-state index in [2.05, 4.69) is 10.3 Å². The van der Waals surface area contributed by atoms with E-state index in [1.165, 1.54) is 0 Å². The number of pyridine rings is 2. The molecule has 2 N–H and O–H groups in total. The molecule has 0 aliphatic heterocycles. The molecular formula is C24H21N3O2. The van der Waals surface area contributed by atoms with Crippen LogP contribution >= 0.6 is 0 Å². The Kier molecular flexibility index (Phi) is 4.96. The maximum Gasteiger partial charge on any atom is 0.224 e. The molecule has 0 bridgehead atoms. The molecule has 0 radical (unpaired) electrons. The molecule has 2 aromatic carbocycles. The van der Waals surface area contributed by atoms with E-state index in [1.807, 2.05) is 61.5 Å². The number of hydrogen-bond acceptors (Lipinski definition) is 4. The summed E-state index contributed by atoms with van der Waals surface area (Å²) in [7, 11) is 1.63. The molecule has 5 nitrogen and oxygen atoms in total. The van der Waals surface area contributed by atoms with Crippen molar-refractivity contribution in [1.82, 2.24) is 15.3 Å². The second-order valence-corrected chi connectivity index (χ2v) is 6.97. The van der Waals surface area contributed by atoms with Gasteiger partial charge in [-0.15, -0.1) is 0 Å². The number of phenols is 1. The van der Waals surface area contributed by atoms with Crippen molar-refractivity contribution in [3.8, 4) is 28.3 Å². The normalized spacial score (nSPS) is 10.8. The summed E-state index contributed by atoms with van der Waals surface area (Å²) in [5, 5.41) is 14.1. The number of hydrogen-bond donors (Lipinski definition) is 2. The molecule has 5 heteroatoms. The lowest BCUT2D eigenvalue weighted by molar-refractivity contribution is -0.119. The van der Waals surface area contributed by atoms with E-state index in [4.69, 9.17) is 4.98 Å². The maximum absolute atomic E-state index is 11.7. The second kappa shape index (κ2) is 7.72. The Balaban J connectivity index is 1.78. The fraction of sp³-hybridized carbons (Fsp3) is 0.125. The third kappa shape index (κ3) is 3.80. The van der Waals surface area contributed by atoms with E-state index in [0.29, 0.717) is 17.7 Å². The minimum Gasteiger partial charge on any atom is -0.507 e. The number of benzene rings is 2. The van der Waals surface area contributed by atoms with E-state index in [9.17, 15) is 9.90 Å². The van der Waals surface area contributed by atoms with Gasteiger partial charge in [-0.05, 0) is 66.6 Å². The van der Waals surface area contributed by atoms with Gasteiger partial charge in [-0.25, -0.2) is 4.98 Å². The number of aromatic hydroxyl groups is 1. The van der Waals surface area contributed by atoms with Gasteiger partial charge in [0.15, 0.2) is 0 Å². The first-order valence-corrected chi connectivity index (χ1v) is 9.41. The van der Waals surface area contributed by atoms with Crippen molar-refractivity contribution in [3.63, 3.8) is 0 Å². The van der Waals surface area contributed by atoms with Gasteiger partial charge >= 0.3 is 0 Å². The minimum atomic E-state index is -0.0251. The van der Waals surface area contributed by atoms with E-state index < -0.39 is 0 Å². The number of aromatic nitrogens is 2. The maximum atomic E-state index is 11.7. The van der Waals surface area contributed by atoms with Crippen LogP contribution in [0.25, 0.3) is 33.4 Å². The summed E-state index contributed by atoms with van der Waals surface area (Å²) in [4.78, 5) is 20.8. The molecule has 0 saturated heterocycles. The first-order valence-electron chi connectivity index (χ1n) is 9.41. The van der Waals surface area contributed by atoms with E-state index in [0.717, 1.165) is 33.3 Å². The van der Waals surface area contributed by atoms with Gasteiger partial charge in [-0.1, -0.05) is 12.1 Å². The molecule has 0 aliphatic carbocycles. The number of fused-ring (bicyclic) bond motifs is 1. The average Bonchev–Trinajstić information content (AvgIpc) is 2.75. The van der Waals surface area contributed by atoms with E-state index in [1.54, 1.807) is 19.3 Å². The molecule has 0 atom stereocenters.